The van der Waals surface area contributed by atoms with Gasteiger partial charge in [-0.3, -0.25) is 10.1 Å². The highest BCUT2D eigenvalue weighted by molar-refractivity contribution is 9.12. The van der Waals surface area contributed by atoms with Crippen molar-refractivity contribution in [2.24, 2.45) is 0 Å². The largest absolute Gasteiger partial charge is 0.494 e. The molecule has 1 heterocycles. The van der Waals surface area contributed by atoms with Crippen molar-refractivity contribution < 1.29 is 9.53 Å². The van der Waals surface area contributed by atoms with E-state index < -0.39 is 0 Å². The average Bonchev–Trinajstić information content (AvgIpc) is 3.12. The molecule has 1 aromatic heterocycles. The van der Waals surface area contributed by atoms with Crippen molar-refractivity contribution in [3.05, 3.63) is 70.0 Å². The van der Waals surface area contributed by atoms with Gasteiger partial charge in [0.2, 0.25) is 0 Å². The minimum absolute atomic E-state index is 0.235. The summed E-state index contributed by atoms with van der Waals surface area (Å²) in [6.07, 6.45) is 1.77. The summed E-state index contributed by atoms with van der Waals surface area (Å²) in [4.78, 5) is 16.8. The Hall–Kier alpha value is -2.44. The summed E-state index contributed by atoms with van der Waals surface area (Å²) in [5.41, 5.74) is 2.74. The number of amides is 1. The normalized spacial score (nSPS) is 11.2. The van der Waals surface area contributed by atoms with Crippen molar-refractivity contribution in [2.75, 3.05) is 11.9 Å². The molecule has 0 fully saturated rings. The first kappa shape index (κ1) is 18.4. The average molecular weight is 429 g/mol. The Morgan fingerprint density at radius 1 is 1.19 bits per heavy atom. The lowest BCUT2D eigenvalue weighted by molar-refractivity contribution is -0.112. The molecule has 132 valence electrons. The van der Waals surface area contributed by atoms with Crippen molar-refractivity contribution in [1.82, 2.24) is 4.98 Å². The summed E-state index contributed by atoms with van der Waals surface area (Å²) in [5.74, 6) is 0.594. The number of thiazole rings is 1. The maximum absolute atomic E-state index is 12.3. The summed E-state index contributed by atoms with van der Waals surface area (Å²) in [7, 11) is 0. The van der Waals surface area contributed by atoms with E-state index in [-0.39, 0.29) is 5.91 Å². The standard InChI is InChI=1S/C20H17BrN2O2S/c1-2-25-16-10-8-15(9-11-16)18-13-26-20(22-18)23-19(24)17(21)12-14-6-4-3-5-7-14/h3-13H,2H2,1H3,(H,22,23,24). The van der Waals surface area contributed by atoms with E-state index in [0.29, 0.717) is 16.2 Å². The molecule has 4 nitrogen and oxygen atoms in total. The van der Waals surface area contributed by atoms with Crippen molar-refractivity contribution in [3.63, 3.8) is 0 Å². The molecule has 0 aliphatic carbocycles. The number of nitrogens with zero attached hydrogens (tertiary/aromatic N) is 1. The highest BCUT2D eigenvalue weighted by Gasteiger charge is 2.11. The predicted octanol–water partition coefficient (Wildman–Crippen LogP) is 5.58. The molecule has 2 aromatic carbocycles. The quantitative estimate of drug-likeness (QED) is 0.521. The van der Waals surface area contributed by atoms with Gasteiger partial charge in [0.05, 0.1) is 16.8 Å². The number of rotatable bonds is 6. The van der Waals surface area contributed by atoms with E-state index in [0.717, 1.165) is 22.6 Å². The van der Waals surface area contributed by atoms with Crippen LogP contribution in [0.4, 0.5) is 5.13 Å². The maximum Gasteiger partial charge on any atom is 0.264 e. The number of carbonyl (C=O) groups excluding carboxylic acids is 1. The second kappa shape index (κ2) is 8.78. The molecule has 1 N–H and O–H groups in total. The molecule has 1 amide bonds. The molecule has 0 unspecified atom stereocenters. The molecule has 0 radical (unpaired) electrons. The molecular weight excluding hydrogens is 412 g/mol. The van der Waals surface area contributed by atoms with Crippen LogP contribution < -0.4 is 10.1 Å². The van der Waals surface area contributed by atoms with Gasteiger partial charge in [0.1, 0.15) is 5.75 Å². The van der Waals surface area contributed by atoms with Crippen LogP contribution in [-0.2, 0) is 4.79 Å². The van der Waals surface area contributed by atoms with Gasteiger partial charge in [0, 0.05) is 10.9 Å². The van der Waals surface area contributed by atoms with Gasteiger partial charge >= 0.3 is 0 Å². The lowest BCUT2D eigenvalue weighted by atomic mass is 10.2. The predicted molar refractivity (Wildman–Crippen MR) is 111 cm³/mol. The summed E-state index contributed by atoms with van der Waals surface area (Å²) in [6.45, 7) is 2.59. The van der Waals surface area contributed by atoms with Crippen LogP contribution in [-0.4, -0.2) is 17.5 Å². The second-order valence-electron chi connectivity index (χ2n) is 5.35. The fourth-order valence-corrected chi connectivity index (χ4v) is 3.35. The molecule has 0 aliphatic rings. The van der Waals surface area contributed by atoms with E-state index in [4.69, 9.17) is 4.74 Å². The summed E-state index contributed by atoms with van der Waals surface area (Å²) in [6, 6.07) is 17.4. The van der Waals surface area contributed by atoms with Crippen LogP contribution in [0.5, 0.6) is 5.75 Å². The molecule has 6 heteroatoms. The van der Waals surface area contributed by atoms with E-state index in [1.54, 1.807) is 6.08 Å². The molecule has 3 rings (SSSR count). The fourth-order valence-electron chi connectivity index (χ4n) is 2.27. The zero-order valence-electron chi connectivity index (χ0n) is 14.1. The van der Waals surface area contributed by atoms with E-state index in [2.05, 4.69) is 26.2 Å². The summed E-state index contributed by atoms with van der Waals surface area (Å²) in [5, 5.41) is 5.28. The Labute approximate surface area is 164 Å². The van der Waals surface area contributed by atoms with Crippen LogP contribution in [0.25, 0.3) is 17.3 Å². The third-order valence-corrected chi connectivity index (χ3v) is 4.84. The highest BCUT2D eigenvalue weighted by atomic mass is 79.9. The molecule has 0 spiro atoms. The van der Waals surface area contributed by atoms with Crippen LogP contribution in [0.3, 0.4) is 0 Å². The lowest BCUT2D eigenvalue weighted by Crippen LogP contribution is -2.10. The third-order valence-electron chi connectivity index (χ3n) is 3.50. The molecule has 0 aliphatic heterocycles. The number of nitrogens with one attached hydrogen (secondary N) is 1. The number of aromatic nitrogens is 1. The minimum atomic E-state index is -0.235. The van der Waals surface area contributed by atoms with Crippen LogP contribution in [0.1, 0.15) is 12.5 Å². The Bertz CT molecular complexity index is 905. The first-order valence-corrected chi connectivity index (χ1v) is 9.75. The Balaban J connectivity index is 1.68. The third kappa shape index (κ3) is 4.80. The van der Waals surface area contributed by atoms with Crippen LogP contribution in [0, 0.1) is 0 Å². The van der Waals surface area contributed by atoms with Crippen molar-refractivity contribution in [1.29, 1.82) is 0 Å². The number of hydrogen-bond donors (Lipinski definition) is 1. The molecule has 0 bridgehead atoms. The fraction of sp³-hybridized carbons (Fsp3) is 0.100. The zero-order valence-corrected chi connectivity index (χ0v) is 16.5. The minimum Gasteiger partial charge on any atom is -0.494 e. The van der Waals surface area contributed by atoms with Gasteiger partial charge < -0.3 is 4.74 Å². The van der Waals surface area contributed by atoms with Crippen molar-refractivity contribution >= 4 is 44.4 Å². The van der Waals surface area contributed by atoms with Gasteiger partial charge in [0.25, 0.3) is 5.91 Å². The van der Waals surface area contributed by atoms with Crippen LogP contribution in [0.2, 0.25) is 0 Å². The number of anilines is 1. The van der Waals surface area contributed by atoms with Gasteiger partial charge in [-0.25, -0.2) is 4.98 Å². The molecule has 3 aromatic rings. The van der Waals surface area contributed by atoms with E-state index in [9.17, 15) is 4.79 Å². The highest BCUT2D eigenvalue weighted by Crippen LogP contribution is 2.27. The number of carbonyl (C=O) groups is 1. The number of hydrogen-bond acceptors (Lipinski definition) is 4. The summed E-state index contributed by atoms with van der Waals surface area (Å²) < 4.78 is 5.89. The van der Waals surface area contributed by atoms with Crippen LogP contribution in [0.15, 0.2) is 64.5 Å². The molecule has 0 saturated heterocycles. The van der Waals surface area contributed by atoms with Crippen LogP contribution >= 0.6 is 27.3 Å². The molecular formula is C20H17BrN2O2S. The van der Waals surface area contributed by atoms with Gasteiger partial charge in [-0.1, -0.05) is 30.3 Å². The SMILES string of the molecule is CCOc1ccc(-c2csc(NC(=O)C(Br)=Cc3ccccc3)n2)cc1. The lowest BCUT2D eigenvalue weighted by Gasteiger charge is -2.03. The van der Waals surface area contributed by atoms with Gasteiger partial charge in [-0.2, -0.15) is 0 Å². The van der Waals surface area contributed by atoms with Gasteiger partial charge in [0.15, 0.2) is 5.13 Å². The first-order chi connectivity index (χ1) is 12.7. The molecule has 26 heavy (non-hydrogen) atoms. The maximum atomic E-state index is 12.3. The zero-order chi connectivity index (χ0) is 18.4. The smallest absolute Gasteiger partial charge is 0.264 e. The van der Waals surface area contributed by atoms with E-state index >= 15 is 0 Å². The van der Waals surface area contributed by atoms with E-state index in [1.807, 2.05) is 66.9 Å². The Morgan fingerprint density at radius 3 is 2.62 bits per heavy atom. The molecule has 0 atom stereocenters. The van der Waals surface area contributed by atoms with Gasteiger partial charge in [-0.05, 0) is 58.8 Å². The second-order valence-corrected chi connectivity index (χ2v) is 7.06. The number of benzene rings is 2. The van der Waals surface area contributed by atoms with Crippen molar-refractivity contribution in [3.8, 4) is 17.0 Å². The van der Waals surface area contributed by atoms with E-state index in [1.165, 1.54) is 11.3 Å². The number of ether oxygens (including phenoxy) is 1. The summed E-state index contributed by atoms with van der Waals surface area (Å²) >= 11 is 4.71. The van der Waals surface area contributed by atoms with Crippen molar-refractivity contribution in [2.45, 2.75) is 6.92 Å². The monoisotopic (exact) mass is 428 g/mol. The number of halogens is 1. The first-order valence-electron chi connectivity index (χ1n) is 8.08. The molecule has 0 saturated carbocycles. The van der Waals surface area contributed by atoms with Gasteiger partial charge in [-0.15, -0.1) is 11.3 Å². The Morgan fingerprint density at radius 2 is 1.92 bits per heavy atom. The topological polar surface area (TPSA) is 51.2 Å². The Kier molecular flexibility index (Phi) is 6.20.